The lowest BCUT2D eigenvalue weighted by atomic mass is 10.2. The molecule has 29 heavy (non-hydrogen) atoms. The highest BCUT2D eigenvalue weighted by Gasteiger charge is 2.21. The number of nitrogens with zero attached hydrogens (tertiary/aromatic N) is 3. The first-order chi connectivity index (χ1) is 14.2. The van der Waals surface area contributed by atoms with Crippen molar-refractivity contribution in [1.82, 2.24) is 15.0 Å². The molecule has 1 N–H and O–H groups in total. The van der Waals surface area contributed by atoms with Gasteiger partial charge in [-0.3, -0.25) is 9.69 Å². The van der Waals surface area contributed by atoms with Crippen molar-refractivity contribution >= 4 is 11.6 Å². The maximum absolute atomic E-state index is 12.6. The van der Waals surface area contributed by atoms with Gasteiger partial charge in [-0.1, -0.05) is 60.6 Å². The Bertz CT molecular complexity index is 880. The van der Waals surface area contributed by atoms with Crippen molar-refractivity contribution < 1.29 is 9.32 Å². The lowest BCUT2D eigenvalue weighted by molar-refractivity contribution is -0.120. The Morgan fingerprint density at radius 2 is 1.76 bits per heavy atom. The molecule has 0 aliphatic carbocycles. The van der Waals surface area contributed by atoms with Gasteiger partial charge in [0.05, 0.1) is 6.04 Å². The third-order valence-electron chi connectivity index (χ3n) is 4.82. The smallest absolute Gasteiger partial charge is 0.241 e. The Balaban J connectivity index is 1.52. The molecular formula is C23H28N4O2. The van der Waals surface area contributed by atoms with E-state index in [0.717, 1.165) is 37.2 Å². The van der Waals surface area contributed by atoms with Crippen LogP contribution in [0.3, 0.4) is 0 Å². The van der Waals surface area contributed by atoms with Gasteiger partial charge in [-0.25, -0.2) is 0 Å². The van der Waals surface area contributed by atoms with Crippen molar-refractivity contribution in [2.24, 2.45) is 0 Å². The van der Waals surface area contributed by atoms with Gasteiger partial charge < -0.3 is 9.84 Å². The fourth-order valence-electron chi connectivity index (χ4n) is 3.21. The zero-order chi connectivity index (χ0) is 20.5. The number of hydrogen-bond acceptors (Lipinski definition) is 5. The summed E-state index contributed by atoms with van der Waals surface area (Å²) in [5, 5.41) is 7.06. The predicted molar refractivity (Wildman–Crippen MR) is 114 cm³/mol. The van der Waals surface area contributed by atoms with Crippen molar-refractivity contribution in [1.29, 1.82) is 0 Å². The Morgan fingerprint density at radius 1 is 1.07 bits per heavy atom. The molecular weight excluding hydrogens is 364 g/mol. The first kappa shape index (κ1) is 20.7. The summed E-state index contributed by atoms with van der Waals surface area (Å²) in [5.41, 5.74) is 1.77. The van der Waals surface area contributed by atoms with E-state index in [1.54, 1.807) is 0 Å². The number of aromatic nitrogens is 2. The van der Waals surface area contributed by atoms with Crippen LogP contribution in [0.1, 0.15) is 32.6 Å². The molecule has 0 saturated heterocycles. The number of carbonyl (C=O) groups is 1. The molecule has 6 heteroatoms. The van der Waals surface area contributed by atoms with Gasteiger partial charge in [-0.2, -0.15) is 4.98 Å². The minimum atomic E-state index is -0.210. The SMILES string of the molecule is CCCN(CCCc1nc(-c2ccccc2)no1)C(C)C(=O)Nc1ccccc1. The Kier molecular flexibility index (Phi) is 7.53. The Hall–Kier alpha value is -2.99. The van der Waals surface area contributed by atoms with Crippen LogP contribution in [0, 0.1) is 0 Å². The number of anilines is 1. The zero-order valence-corrected chi connectivity index (χ0v) is 17.0. The van der Waals surface area contributed by atoms with Gasteiger partial charge in [0.2, 0.25) is 17.6 Å². The molecule has 1 heterocycles. The summed E-state index contributed by atoms with van der Waals surface area (Å²) in [4.78, 5) is 19.3. The molecule has 1 unspecified atom stereocenters. The number of nitrogens with one attached hydrogen (secondary N) is 1. The summed E-state index contributed by atoms with van der Waals surface area (Å²) in [7, 11) is 0. The second-order valence-electron chi connectivity index (χ2n) is 7.05. The molecule has 0 aliphatic heterocycles. The molecule has 0 aliphatic rings. The van der Waals surface area contributed by atoms with Gasteiger partial charge >= 0.3 is 0 Å². The molecule has 3 aromatic rings. The Morgan fingerprint density at radius 3 is 2.45 bits per heavy atom. The summed E-state index contributed by atoms with van der Waals surface area (Å²) in [5.74, 6) is 1.25. The molecule has 0 spiro atoms. The number of benzene rings is 2. The van der Waals surface area contributed by atoms with Gasteiger partial charge in [0.1, 0.15) is 0 Å². The molecule has 3 rings (SSSR count). The van der Waals surface area contributed by atoms with Crippen LogP contribution in [-0.2, 0) is 11.2 Å². The quantitative estimate of drug-likeness (QED) is 0.553. The van der Waals surface area contributed by atoms with E-state index in [2.05, 4.69) is 27.3 Å². The van der Waals surface area contributed by atoms with Crippen LogP contribution in [0.5, 0.6) is 0 Å². The second kappa shape index (κ2) is 10.5. The fourth-order valence-corrected chi connectivity index (χ4v) is 3.21. The monoisotopic (exact) mass is 392 g/mol. The highest BCUT2D eigenvalue weighted by Crippen LogP contribution is 2.16. The van der Waals surface area contributed by atoms with Crippen molar-refractivity contribution in [3.63, 3.8) is 0 Å². The topological polar surface area (TPSA) is 71.3 Å². The second-order valence-corrected chi connectivity index (χ2v) is 7.05. The molecule has 2 aromatic carbocycles. The average molecular weight is 393 g/mol. The van der Waals surface area contributed by atoms with E-state index in [1.807, 2.05) is 67.6 Å². The first-order valence-electron chi connectivity index (χ1n) is 10.2. The standard InChI is InChI=1S/C23H28N4O2/c1-3-16-27(18(2)23(28)24-20-13-8-5-9-14-20)17-10-15-21-25-22(26-29-21)19-11-6-4-7-12-19/h4-9,11-14,18H,3,10,15-17H2,1-2H3,(H,24,28). The van der Waals surface area contributed by atoms with Gasteiger partial charge in [0.15, 0.2) is 0 Å². The number of aryl methyl sites for hydroxylation is 1. The maximum Gasteiger partial charge on any atom is 0.241 e. The van der Waals surface area contributed by atoms with Crippen LogP contribution >= 0.6 is 0 Å². The highest BCUT2D eigenvalue weighted by atomic mass is 16.5. The van der Waals surface area contributed by atoms with Gasteiger partial charge in [0, 0.05) is 17.7 Å². The molecule has 1 atom stereocenters. The molecule has 1 aromatic heterocycles. The van der Waals surface area contributed by atoms with Crippen LogP contribution < -0.4 is 5.32 Å². The number of amides is 1. The molecule has 0 radical (unpaired) electrons. The average Bonchev–Trinajstić information content (AvgIpc) is 3.23. The maximum atomic E-state index is 12.6. The summed E-state index contributed by atoms with van der Waals surface area (Å²) < 4.78 is 5.39. The number of rotatable bonds is 10. The molecule has 0 bridgehead atoms. The van der Waals surface area contributed by atoms with Crippen molar-refractivity contribution in [2.75, 3.05) is 18.4 Å². The van der Waals surface area contributed by atoms with E-state index >= 15 is 0 Å². The number of hydrogen-bond donors (Lipinski definition) is 1. The zero-order valence-electron chi connectivity index (χ0n) is 17.0. The lowest BCUT2D eigenvalue weighted by Crippen LogP contribution is -2.43. The molecule has 0 fully saturated rings. The van der Waals surface area contributed by atoms with E-state index in [0.29, 0.717) is 18.1 Å². The van der Waals surface area contributed by atoms with Gasteiger partial charge in [0.25, 0.3) is 0 Å². The van der Waals surface area contributed by atoms with Gasteiger partial charge in [-0.05, 0) is 45.0 Å². The predicted octanol–water partition coefficient (Wildman–Crippen LogP) is 4.41. The normalized spacial score (nSPS) is 12.1. The third kappa shape index (κ3) is 5.99. The highest BCUT2D eigenvalue weighted by molar-refractivity contribution is 5.94. The van der Waals surface area contributed by atoms with E-state index < -0.39 is 0 Å². The lowest BCUT2D eigenvalue weighted by Gasteiger charge is -2.27. The molecule has 6 nitrogen and oxygen atoms in total. The summed E-state index contributed by atoms with van der Waals surface area (Å²) >= 11 is 0. The van der Waals surface area contributed by atoms with E-state index in [4.69, 9.17) is 4.52 Å². The van der Waals surface area contributed by atoms with Crippen molar-refractivity contribution in [3.05, 3.63) is 66.6 Å². The van der Waals surface area contributed by atoms with E-state index in [-0.39, 0.29) is 11.9 Å². The summed E-state index contributed by atoms with van der Waals surface area (Å²) in [6.45, 7) is 5.73. The first-order valence-corrected chi connectivity index (χ1v) is 10.2. The van der Waals surface area contributed by atoms with Crippen LogP contribution in [-0.4, -0.2) is 40.1 Å². The minimum absolute atomic E-state index is 0.00815. The van der Waals surface area contributed by atoms with Crippen LogP contribution in [0.2, 0.25) is 0 Å². The van der Waals surface area contributed by atoms with Crippen molar-refractivity contribution in [3.8, 4) is 11.4 Å². The molecule has 0 saturated carbocycles. The van der Waals surface area contributed by atoms with Crippen molar-refractivity contribution in [2.45, 2.75) is 39.2 Å². The largest absolute Gasteiger partial charge is 0.339 e. The summed E-state index contributed by atoms with van der Waals surface area (Å²) in [6.07, 6.45) is 2.52. The van der Waals surface area contributed by atoms with E-state index in [1.165, 1.54) is 0 Å². The number of carbonyl (C=O) groups excluding carboxylic acids is 1. The molecule has 152 valence electrons. The third-order valence-corrected chi connectivity index (χ3v) is 4.82. The minimum Gasteiger partial charge on any atom is -0.339 e. The van der Waals surface area contributed by atoms with Gasteiger partial charge in [-0.15, -0.1) is 0 Å². The van der Waals surface area contributed by atoms with E-state index in [9.17, 15) is 4.79 Å². The van der Waals surface area contributed by atoms with Crippen LogP contribution in [0.25, 0.3) is 11.4 Å². The van der Waals surface area contributed by atoms with Crippen LogP contribution in [0.4, 0.5) is 5.69 Å². The van der Waals surface area contributed by atoms with Crippen LogP contribution in [0.15, 0.2) is 65.2 Å². The Labute approximate surface area is 171 Å². The number of para-hydroxylation sites is 1. The fraction of sp³-hybridized carbons (Fsp3) is 0.348. The molecule has 1 amide bonds. The summed E-state index contributed by atoms with van der Waals surface area (Å²) in [6, 6.07) is 19.1.